The van der Waals surface area contributed by atoms with Gasteiger partial charge in [0.05, 0.1) is 24.9 Å². The number of aliphatic hydroxyl groups excluding tert-OH is 4. The van der Waals surface area contributed by atoms with Gasteiger partial charge in [0.15, 0.2) is 0 Å². The van der Waals surface area contributed by atoms with Crippen molar-refractivity contribution in [2.75, 3.05) is 6.61 Å². The molecule has 0 aromatic rings. The molecule has 6 nitrogen and oxygen atoms in total. The number of carbonyl (C=O) groups is 1. The van der Waals surface area contributed by atoms with E-state index in [1.54, 1.807) is 13.8 Å². The number of amides is 1. The van der Waals surface area contributed by atoms with Crippen LogP contribution in [0.25, 0.3) is 0 Å². The predicted octanol–water partition coefficient (Wildman–Crippen LogP) is -1.08. The SMILES string of the molecule is CCC(O)C=CC(O)C(CO)NC(=O)C(O)CC. The van der Waals surface area contributed by atoms with Crippen molar-refractivity contribution in [1.29, 1.82) is 0 Å². The summed E-state index contributed by atoms with van der Waals surface area (Å²) in [6.07, 6.45) is 0.526. The Hall–Kier alpha value is -0.950. The third-order valence-electron chi connectivity index (χ3n) is 2.57. The van der Waals surface area contributed by atoms with E-state index in [0.29, 0.717) is 6.42 Å². The largest absolute Gasteiger partial charge is 0.394 e. The third kappa shape index (κ3) is 6.11. The number of hydrogen-bond acceptors (Lipinski definition) is 5. The van der Waals surface area contributed by atoms with Crippen LogP contribution >= 0.6 is 0 Å². The number of carbonyl (C=O) groups excluding carboxylic acids is 1. The van der Waals surface area contributed by atoms with Gasteiger partial charge in [-0.05, 0) is 12.8 Å². The first kappa shape index (κ1) is 17.1. The van der Waals surface area contributed by atoms with E-state index in [-0.39, 0.29) is 6.42 Å². The lowest BCUT2D eigenvalue weighted by Gasteiger charge is -2.21. The molecule has 0 aliphatic carbocycles. The first-order chi connectivity index (χ1) is 8.46. The van der Waals surface area contributed by atoms with E-state index >= 15 is 0 Å². The van der Waals surface area contributed by atoms with Crippen molar-refractivity contribution < 1.29 is 25.2 Å². The number of aliphatic hydroxyl groups is 4. The molecule has 5 N–H and O–H groups in total. The average Bonchev–Trinajstić information content (AvgIpc) is 2.40. The predicted molar refractivity (Wildman–Crippen MR) is 66.8 cm³/mol. The molecule has 18 heavy (non-hydrogen) atoms. The van der Waals surface area contributed by atoms with Crippen molar-refractivity contribution in [3.8, 4) is 0 Å². The molecule has 1 amide bonds. The van der Waals surface area contributed by atoms with Gasteiger partial charge in [0.2, 0.25) is 5.91 Å². The molecule has 0 saturated carbocycles. The Labute approximate surface area is 107 Å². The van der Waals surface area contributed by atoms with Crippen molar-refractivity contribution >= 4 is 5.91 Å². The summed E-state index contributed by atoms with van der Waals surface area (Å²) in [5.74, 6) is -0.639. The molecule has 6 heteroatoms. The molecule has 4 unspecified atom stereocenters. The molecule has 0 aromatic carbocycles. The second kappa shape index (κ2) is 9.04. The zero-order valence-corrected chi connectivity index (χ0v) is 10.8. The maximum absolute atomic E-state index is 11.4. The van der Waals surface area contributed by atoms with Crippen LogP contribution in [0, 0.1) is 0 Å². The molecule has 0 aromatic heterocycles. The molecule has 0 rings (SSSR count). The van der Waals surface area contributed by atoms with Gasteiger partial charge >= 0.3 is 0 Å². The van der Waals surface area contributed by atoms with E-state index in [9.17, 15) is 20.1 Å². The fourth-order valence-corrected chi connectivity index (χ4v) is 1.22. The van der Waals surface area contributed by atoms with Crippen molar-refractivity contribution in [3.05, 3.63) is 12.2 Å². The summed E-state index contributed by atoms with van der Waals surface area (Å²) in [4.78, 5) is 11.4. The summed E-state index contributed by atoms with van der Waals surface area (Å²) in [6, 6.07) is -0.904. The summed E-state index contributed by atoms with van der Waals surface area (Å²) < 4.78 is 0. The molecule has 0 saturated heterocycles. The van der Waals surface area contributed by atoms with Crippen LogP contribution < -0.4 is 5.32 Å². The summed E-state index contributed by atoms with van der Waals surface area (Å²) >= 11 is 0. The van der Waals surface area contributed by atoms with Crippen LogP contribution in [0.1, 0.15) is 26.7 Å². The minimum absolute atomic E-state index is 0.254. The molecule has 0 aliphatic heterocycles. The summed E-state index contributed by atoms with van der Waals surface area (Å²) in [5.41, 5.74) is 0. The summed E-state index contributed by atoms with van der Waals surface area (Å²) in [6.45, 7) is 2.96. The first-order valence-corrected chi connectivity index (χ1v) is 6.09. The fourth-order valence-electron chi connectivity index (χ4n) is 1.22. The van der Waals surface area contributed by atoms with Gasteiger partial charge in [0, 0.05) is 0 Å². The monoisotopic (exact) mass is 261 g/mol. The highest BCUT2D eigenvalue weighted by molar-refractivity contribution is 5.80. The van der Waals surface area contributed by atoms with Gasteiger partial charge in [-0.25, -0.2) is 0 Å². The van der Waals surface area contributed by atoms with E-state index < -0.39 is 36.9 Å². The van der Waals surface area contributed by atoms with Gasteiger partial charge in [-0.3, -0.25) is 4.79 Å². The van der Waals surface area contributed by atoms with Gasteiger partial charge in [-0.2, -0.15) is 0 Å². The summed E-state index contributed by atoms with van der Waals surface area (Å²) in [7, 11) is 0. The lowest BCUT2D eigenvalue weighted by atomic mass is 10.1. The van der Waals surface area contributed by atoms with Crippen LogP contribution in [0.4, 0.5) is 0 Å². The van der Waals surface area contributed by atoms with Gasteiger partial charge < -0.3 is 25.7 Å². The number of hydrogen-bond donors (Lipinski definition) is 5. The molecule has 0 fully saturated rings. The van der Waals surface area contributed by atoms with Crippen LogP contribution in [0.3, 0.4) is 0 Å². The highest BCUT2D eigenvalue weighted by Gasteiger charge is 2.21. The standard InChI is InChI=1S/C12H23NO5/c1-3-8(15)5-6-11(17)9(7-14)13-12(18)10(16)4-2/h5-6,8-11,14-17H,3-4,7H2,1-2H3,(H,13,18). The quantitative estimate of drug-likeness (QED) is 0.357. The van der Waals surface area contributed by atoms with Crippen molar-refractivity contribution in [2.24, 2.45) is 0 Å². The smallest absolute Gasteiger partial charge is 0.249 e. The Kier molecular flexibility index (Phi) is 8.57. The van der Waals surface area contributed by atoms with E-state index in [1.165, 1.54) is 12.2 Å². The third-order valence-corrected chi connectivity index (χ3v) is 2.57. The normalized spacial score (nSPS) is 18.3. The van der Waals surface area contributed by atoms with E-state index in [0.717, 1.165) is 0 Å². The Balaban J connectivity index is 4.40. The van der Waals surface area contributed by atoms with Crippen molar-refractivity contribution in [2.45, 2.75) is 51.0 Å². The Bertz CT molecular complexity index is 269. The number of rotatable bonds is 8. The first-order valence-electron chi connectivity index (χ1n) is 6.09. The molecule has 4 atom stereocenters. The Morgan fingerprint density at radius 3 is 2.22 bits per heavy atom. The van der Waals surface area contributed by atoms with Crippen molar-refractivity contribution in [3.63, 3.8) is 0 Å². The lowest BCUT2D eigenvalue weighted by molar-refractivity contribution is -0.131. The zero-order chi connectivity index (χ0) is 14.1. The van der Waals surface area contributed by atoms with Gasteiger partial charge in [0.1, 0.15) is 6.10 Å². The van der Waals surface area contributed by atoms with Gasteiger partial charge in [0.25, 0.3) is 0 Å². The molecular weight excluding hydrogens is 238 g/mol. The van der Waals surface area contributed by atoms with Gasteiger partial charge in [-0.15, -0.1) is 0 Å². The molecule has 106 valence electrons. The van der Waals surface area contributed by atoms with E-state index in [4.69, 9.17) is 5.11 Å². The minimum Gasteiger partial charge on any atom is -0.394 e. The maximum Gasteiger partial charge on any atom is 0.249 e. The molecule has 0 bridgehead atoms. The average molecular weight is 261 g/mol. The van der Waals surface area contributed by atoms with Crippen molar-refractivity contribution in [1.82, 2.24) is 5.32 Å². The molecule has 0 radical (unpaired) electrons. The van der Waals surface area contributed by atoms with Crippen LogP contribution in [0.2, 0.25) is 0 Å². The Morgan fingerprint density at radius 1 is 1.17 bits per heavy atom. The summed E-state index contributed by atoms with van der Waals surface area (Å²) in [5, 5.41) is 39.7. The van der Waals surface area contributed by atoms with E-state index in [1.807, 2.05) is 0 Å². The molecule has 0 aliphatic rings. The van der Waals surface area contributed by atoms with Crippen LogP contribution in [0.5, 0.6) is 0 Å². The fraction of sp³-hybridized carbons (Fsp3) is 0.750. The topological polar surface area (TPSA) is 110 Å². The highest BCUT2D eigenvalue weighted by Crippen LogP contribution is 2.00. The minimum atomic E-state index is -1.16. The Morgan fingerprint density at radius 2 is 1.78 bits per heavy atom. The number of nitrogens with one attached hydrogen (secondary N) is 1. The van der Waals surface area contributed by atoms with Crippen LogP contribution in [0.15, 0.2) is 12.2 Å². The van der Waals surface area contributed by atoms with Crippen LogP contribution in [-0.4, -0.2) is 57.3 Å². The van der Waals surface area contributed by atoms with Crippen LogP contribution in [-0.2, 0) is 4.79 Å². The lowest BCUT2D eigenvalue weighted by Crippen LogP contribution is -2.48. The zero-order valence-electron chi connectivity index (χ0n) is 10.8. The van der Waals surface area contributed by atoms with E-state index in [2.05, 4.69) is 5.32 Å². The van der Waals surface area contributed by atoms with Gasteiger partial charge in [-0.1, -0.05) is 26.0 Å². The molecular formula is C12H23NO5. The highest BCUT2D eigenvalue weighted by atomic mass is 16.3. The molecule has 0 spiro atoms. The molecule has 0 heterocycles. The second-order valence-corrected chi connectivity index (χ2v) is 4.07. The second-order valence-electron chi connectivity index (χ2n) is 4.07. The maximum atomic E-state index is 11.4.